The zero-order valence-electron chi connectivity index (χ0n) is 16.8. The van der Waals surface area contributed by atoms with E-state index in [1.807, 2.05) is 25.1 Å². The second-order valence-corrected chi connectivity index (χ2v) is 8.85. The molecule has 3 aromatic carbocycles. The lowest BCUT2D eigenvalue weighted by atomic mass is 10.2. The third kappa shape index (κ3) is 5.66. The molecule has 0 radical (unpaired) electrons. The summed E-state index contributed by atoms with van der Waals surface area (Å²) in [6.45, 7) is 2.53. The minimum absolute atomic E-state index is 0.0642. The first-order valence-corrected chi connectivity index (χ1v) is 11.4. The molecule has 3 rings (SSSR count). The first-order valence-electron chi connectivity index (χ1n) is 9.50. The molecule has 158 valence electrons. The lowest BCUT2D eigenvalue weighted by Gasteiger charge is -2.13. The van der Waals surface area contributed by atoms with Gasteiger partial charge in [0.1, 0.15) is 17.6 Å². The molecule has 0 aromatic heterocycles. The molecule has 0 fully saturated rings. The van der Waals surface area contributed by atoms with E-state index >= 15 is 0 Å². The molecule has 7 heteroatoms. The molecule has 0 atom stereocenters. The second-order valence-electron chi connectivity index (χ2n) is 6.49. The van der Waals surface area contributed by atoms with Crippen LogP contribution < -0.4 is 9.47 Å². The van der Waals surface area contributed by atoms with E-state index in [0.29, 0.717) is 35.3 Å². The van der Waals surface area contributed by atoms with Gasteiger partial charge in [-0.2, -0.15) is 5.26 Å². The summed E-state index contributed by atoms with van der Waals surface area (Å²) in [7, 11) is -3.92. The van der Waals surface area contributed by atoms with Crippen LogP contribution >= 0.6 is 11.6 Å². The van der Waals surface area contributed by atoms with E-state index in [-0.39, 0.29) is 9.80 Å². The Bertz CT molecular complexity index is 1230. The number of halogens is 1. The fourth-order valence-electron chi connectivity index (χ4n) is 2.84. The van der Waals surface area contributed by atoms with Crippen LogP contribution in [0.2, 0.25) is 5.02 Å². The van der Waals surface area contributed by atoms with Gasteiger partial charge in [0.05, 0.1) is 11.5 Å². The third-order valence-electron chi connectivity index (χ3n) is 4.30. The van der Waals surface area contributed by atoms with Crippen molar-refractivity contribution in [1.82, 2.24) is 0 Å². The molecule has 0 heterocycles. The van der Waals surface area contributed by atoms with E-state index in [1.165, 1.54) is 18.2 Å². The summed E-state index contributed by atoms with van der Waals surface area (Å²) in [6, 6.07) is 22.0. The van der Waals surface area contributed by atoms with Crippen molar-refractivity contribution < 1.29 is 17.9 Å². The van der Waals surface area contributed by atoms with Crippen molar-refractivity contribution in [3.05, 3.63) is 93.9 Å². The Kier molecular flexibility index (Phi) is 7.35. The molecule has 0 aliphatic heterocycles. The molecule has 0 saturated heterocycles. The highest BCUT2D eigenvalue weighted by atomic mass is 35.5. The number of benzene rings is 3. The normalized spacial score (nSPS) is 11.6. The molecule has 5 nitrogen and oxygen atoms in total. The monoisotopic (exact) mass is 453 g/mol. The zero-order chi connectivity index (χ0) is 22.3. The van der Waals surface area contributed by atoms with E-state index in [4.69, 9.17) is 21.1 Å². The topological polar surface area (TPSA) is 76.4 Å². The number of nitrogens with zero attached hydrogens (tertiary/aromatic N) is 1. The fourth-order valence-corrected chi connectivity index (χ4v) is 4.23. The Balaban J connectivity index is 1.89. The predicted molar refractivity (Wildman–Crippen MR) is 121 cm³/mol. The number of ether oxygens (including phenoxy) is 2. The average Bonchev–Trinajstić information content (AvgIpc) is 2.77. The second kappa shape index (κ2) is 10.2. The molecule has 0 amide bonds. The Morgan fingerprint density at radius 3 is 2.45 bits per heavy atom. The van der Waals surface area contributed by atoms with Crippen molar-refractivity contribution in [1.29, 1.82) is 5.26 Å². The molecule has 0 N–H and O–H groups in total. The molecular weight excluding hydrogens is 434 g/mol. The molecule has 0 saturated carbocycles. The number of hydrogen-bond acceptors (Lipinski definition) is 5. The Hall–Kier alpha value is -3.27. The van der Waals surface area contributed by atoms with Gasteiger partial charge in [-0.3, -0.25) is 0 Å². The lowest BCUT2D eigenvalue weighted by Crippen LogP contribution is -2.03. The fraction of sp³-hybridized carbons (Fsp3) is 0.125. The van der Waals surface area contributed by atoms with Gasteiger partial charge in [0.25, 0.3) is 0 Å². The first-order chi connectivity index (χ1) is 14.9. The zero-order valence-corrected chi connectivity index (χ0v) is 18.4. The highest BCUT2D eigenvalue weighted by molar-refractivity contribution is 7.95. The van der Waals surface area contributed by atoms with Gasteiger partial charge in [0.2, 0.25) is 9.84 Å². The van der Waals surface area contributed by atoms with Crippen molar-refractivity contribution in [3.63, 3.8) is 0 Å². The van der Waals surface area contributed by atoms with Crippen molar-refractivity contribution in [3.8, 4) is 17.6 Å². The summed E-state index contributed by atoms with van der Waals surface area (Å²) >= 11 is 6.01. The maximum absolute atomic E-state index is 12.8. The summed E-state index contributed by atoms with van der Waals surface area (Å²) in [4.78, 5) is -0.289. The summed E-state index contributed by atoms with van der Waals surface area (Å²) in [6.07, 6.45) is 1.33. The van der Waals surface area contributed by atoms with Crippen LogP contribution in [0.15, 0.2) is 82.6 Å². The number of hydrogen-bond donors (Lipinski definition) is 0. The standard InChI is InChI=1S/C24H20ClNO4S/c1-2-29-24-15-18(11-12-23(24)30-17-19-7-6-8-20(25)13-19)14-22(16-26)31(27,28)21-9-4-3-5-10-21/h3-15H,2,17H2,1H3/b22-14-. The summed E-state index contributed by atoms with van der Waals surface area (Å²) in [5.41, 5.74) is 1.41. The van der Waals surface area contributed by atoms with Crippen molar-refractivity contribution in [2.75, 3.05) is 6.61 Å². The van der Waals surface area contributed by atoms with Gasteiger partial charge in [-0.05, 0) is 60.5 Å². The maximum Gasteiger partial charge on any atom is 0.216 e. The van der Waals surface area contributed by atoms with Crippen LogP contribution in [0, 0.1) is 11.3 Å². The van der Waals surface area contributed by atoms with E-state index in [9.17, 15) is 13.7 Å². The lowest BCUT2D eigenvalue weighted by molar-refractivity contribution is 0.269. The number of allylic oxidation sites excluding steroid dienone is 1. The summed E-state index contributed by atoms with van der Waals surface area (Å²) in [5, 5.41) is 10.1. The average molecular weight is 454 g/mol. The van der Waals surface area contributed by atoms with Crippen LogP contribution in [0.3, 0.4) is 0 Å². The van der Waals surface area contributed by atoms with Crippen molar-refractivity contribution in [2.45, 2.75) is 18.4 Å². The third-order valence-corrected chi connectivity index (χ3v) is 6.22. The van der Waals surface area contributed by atoms with Crippen LogP contribution in [0.5, 0.6) is 11.5 Å². The van der Waals surface area contributed by atoms with Crippen LogP contribution in [0.1, 0.15) is 18.1 Å². The number of sulfone groups is 1. The van der Waals surface area contributed by atoms with Gasteiger partial charge in [-0.1, -0.05) is 48.0 Å². The van der Waals surface area contributed by atoms with E-state index < -0.39 is 9.84 Å². The molecule has 0 unspecified atom stereocenters. The summed E-state index contributed by atoms with van der Waals surface area (Å²) in [5.74, 6) is 0.955. The van der Waals surface area contributed by atoms with Crippen LogP contribution in [-0.4, -0.2) is 15.0 Å². The molecule has 0 bridgehead atoms. The van der Waals surface area contributed by atoms with Crippen molar-refractivity contribution in [2.24, 2.45) is 0 Å². The smallest absolute Gasteiger partial charge is 0.216 e. The van der Waals surface area contributed by atoms with Gasteiger partial charge in [0, 0.05) is 5.02 Å². The Labute approximate surface area is 187 Å². The molecular formula is C24H20ClNO4S. The quantitative estimate of drug-likeness (QED) is 0.411. The van der Waals surface area contributed by atoms with E-state index in [1.54, 1.807) is 48.5 Å². The van der Waals surface area contributed by atoms with E-state index in [2.05, 4.69) is 0 Å². The largest absolute Gasteiger partial charge is 0.490 e. The van der Waals surface area contributed by atoms with Crippen molar-refractivity contribution >= 4 is 27.5 Å². The maximum atomic E-state index is 12.8. The molecule has 0 aliphatic carbocycles. The predicted octanol–water partition coefficient (Wildman–Crippen LogP) is 5.66. The SMILES string of the molecule is CCOc1cc(/C=C(/C#N)S(=O)(=O)c2ccccc2)ccc1OCc1cccc(Cl)c1. The highest BCUT2D eigenvalue weighted by Gasteiger charge is 2.20. The van der Waals surface area contributed by atoms with E-state index in [0.717, 1.165) is 5.56 Å². The molecule has 31 heavy (non-hydrogen) atoms. The number of rotatable bonds is 8. The Morgan fingerprint density at radius 2 is 1.77 bits per heavy atom. The van der Waals surface area contributed by atoms with Gasteiger partial charge >= 0.3 is 0 Å². The van der Waals surface area contributed by atoms with Crippen LogP contribution in [0.4, 0.5) is 0 Å². The molecule has 0 aliphatic rings. The first kappa shape index (κ1) is 22.4. The van der Waals surface area contributed by atoms with Gasteiger partial charge in [-0.25, -0.2) is 8.42 Å². The highest BCUT2D eigenvalue weighted by Crippen LogP contribution is 2.31. The summed E-state index contributed by atoms with van der Waals surface area (Å²) < 4.78 is 37.1. The Morgan fingerprint density at radius 1 is 1.00 bits per heavy atom. The van der Waals surface area contributed by atoms with Gasteiger partial charge in [-0.15, -0.1) is 0 Å². The van der Waals surface area contributed by atoms with Gasteiger partial charge in [0.15, 0.2) is 11.5 Å². The minimum Gasteiger partial charge on any atom is -0.490 e. The van der Waals surface area contributed by atoms with Gasteiger partial charge < -0.3 is 9.47 Å². The number of nitriles is 1. The molecule has 3 aromatic rings. The molecule has 0 spiro atoms. The van der Waals surface area contributed by atoms with Crippen LogP contribution in [0.25, 0.3) is 6.08 Å². The van der Waals surface area contributed by atoms with Crippen LogP contribution in [-0.2, 0) is 16.4 Å². The minimum atomic E-state index is -3.92.